The molecule has 2 aromatic carbocycles. The van der Waals surface area contributed by atoms with Crippen LogP contribution < -0.4 is 0 Å². The molecule has 4 nitrogen and oxygen atoms in total. The molecule has 0 fully saturated rings. The van der Waals surface area contributed by atoms with Gasteiger partial charge in [0.15, 0.2) is 0 Å². The van der Waals surface area contributed by atoms with Crippen molar-refractivity contribution in [1.29, 1.82) is 0 Å². The van der Waals surface area contributed by atoms with Gasteiger partial charge in [0.05, 0.1) is 11.1 Å². The molecule has 0 aliphatic carbocycles. The minimum atomic E-state index is -1.19. The molecule has 116 valence electrons. The molecule has 2 N–H and O–H groups in total. The molecular formula is C17H11FO4S. The van der Waals surface area contributed by atoms with E-state index in [2.05, 4.69) is 0 Å². The number of aromatic carboxylic acids is 2. The number of carbonyl (C=O) groups is 2. The van der Waals surface area contributed by atoms with Gasteiger partial charge in [-0.3, -0.25) is 0 Å². The highest BCUT2D eigenvalue weighted by atomic mass is 32.1. The van der Waals surface area contributed by atoms with E-state index in [9.17, 15) is 19.1 Å². The molecule has 0 unspecified atom stereocenters. The van der Waals surface area contributed by atoms with Crippen molar-refractivity contribution in [1.82, 2.24) is 0 Å². The number of hydrogen-bond donors (Lipinski definition) is 2. The summed E-state index contributed by atoms with van der Waals surface area (Å²) < 4.78 is 14.1. The predicted octanol–water partition coefficient (Wildman–Crippen LogP) is 4.41. The first-order valence-corrected chi connectivity index (χ1v) is 7.50. The minimum Gasteiger partial charge on any atom is -0.478 e. The summed E-state index contributed by atoms with van der Waals surface area (Å²) in [5, 5.41) is 19.3. The third-order valence-electron chi connectivity index (χ3n) is 3.65. The van der Waals surface area contributed by atoms with Crippen LogP contribution in [-0.2, 0) is 0 Å². The molecule has 3 aromatic rings. The summed E-state index contributed by atoms with van der Waals surface area (Å²) in [5.41, 5.74) is 0.544. The lowest BCUT2D eigenvalue weighted by atomic mass is 9.96. The summed E-state index contributed by atoms with van der Waals surface area (Å²) >= 11 is 1.34. The van der Waals surface area contributed by atoms with E-state index >= 15 is 0 Å². The van der Waals surface area contributed by atoms with E-state index in [4.69, 9.17) is 5.11 Å². The second kappa shape index (κ2) is 5.48. The summed E-state index contributed by atoms with van der Waals surface area (Å²) in [6.07, 6.45) is 0. The number of benzene rings is 2. The van der Waals surface area contributed by atoms with Gasteiger partial charge in [-0.1, -0.05) is 6.07 Å². The second-order valence-corrected chi connectivity index (χ2v) is 6.15. The Bertz CT molecular complexity index is 959. The molecular weight excluding hydrogens is 319 g/mol. The number of fused-ring (bicyclic) bond motifs is 1. The number of carboxylic acid groups (broad SMARTS) is 2. The van der Waals surface area contributed by atoms with Gasteiger partial charge in [0.2, 0.25) is 0 Å². The minimum absolute atomic E-state index is 0.0432. The number of rotatable bonds is 3. The topological polar surface area (TPSA) is 74.6 Å². The molecule has 0 saturated carbocycles. The Morgan fingerprint density at radius 2 is 1.78 bits per heavy atom. The van der Waals surface area contributed by atoms with Crippen LogP contribution >= 0.6 is 11.3 Å². The SMILES string of the molecule is Cc1c(C(=O)O)ccc(-c2cc3cc(F)ccc3s2)c1C(=O)O. The molecule has 0 amide bonds. The fraction of sp³-hybridized carbons (Fsp3) is 0.0588. The van der Waals surface area contributed by atoms with Gasteiger partial charge < -0.3 is 10.2 Å². The lowest BCUT2D eigenvalue weighted by molar-refractivity contribution is 0.0696. The maximum absolute atomic E-state index is 13.3. The maximum atomic E-state index is 13.3. The van der Waals surface area contributed by atoms with Crippen LogP contribution in [0.2, 0.25) is 0 Å². The van der Waals surface area contributed by atoms with E-state index in [1.54, 1.807) is 12.1 Å². The molecule has 0 radical (unpaired) electrons. The first kappa shape index (κ1) is 15.2. The van der Waals surface area contributed by atoms with E-state index in [1.807, 2.05) is 0 Å². The first-order valence-electron chi connectivity index (χ1n) is 6.68. The zero-order valence-corrected chi connectivity index (χ0v) is 12.8. The molecule has 0 aliphatic rings. The Kier molecular flexibility index (Phi) is 3.61. The normalized spacial score (nSPS) is 10.9. The van der Waals surface area contributed by atoms with Gasteiger partial charge in [0.1, 0.15) is 5.82 Å². The van der Waals surface area contributed by atoms with Gasteiger partial charge in [0.25, 0.3) is 0 Å². The average Bonchev–Trinajstić information content (AvgIpc) is 2.88. The molecule has 1 aromatic heterocycles. The van der Waals surface area contributed by atoms with Gasteiger partial charge in [-0.15, -0.1) is 11.3 Å². The van der Waals surface area contributed by atoms with E-state index in [0.717, 1.165) is 4.70 Å². The Labute approximate surface area is 134 Å². The Hall–Kier alpha value is -2.73. The Morgan fingerprint density at radius 1 is 1.04 bits per heavy atom. The van der Waals surface area contributed by atoms with Crippen LogP contribution in [0.25, 0.3) is 20.5 Å². The standard InChI is InChI=1S/C17H11FO4S/c1-8-11(16(19)20)3-4-12(15(8)17(21)22)14-7-9-6-10(18)2-5-13(9)23-14/h2-7H,1H3,(H,19,20)(H,21,22). The lowest BCUT2D eigenvalue weighted by Crippen LogP contribution is -2.08. The fourth-order valence-electron chi connectivity index (χ4n) is 2.57. The lowest BCUT2D eigenvalue weighted by Gasteiger charge is -2.10. The molecule has 0 atom stereocenters. The highest BCUT2D eigenvalue weighted by Gasteiger charge is 2.21. The summed E-state index contributed by atoms with van der Waals surface area (Å²) in [6, 6.07) is 8.96. The van der Waals surface area contributed by atoms with Gasteiger partial charge in [0, 0.05) is 15.1 Å². The summed E-state index contributed by atoms with van der Waals surface area (Å²) in [4.78, 5) is 23.5. The Balaban J connectivity index is 2.27. The van der Waals surface area contributed by atoms with E-state index < -0.39 is 11.9 Å². The molecule has 23 heavy (non-hydrogen) atoms. The second-order valence-electron chi connectivity index (χ2n) is 5.06. The van der Waals surface area contributed by atoms with E-state index in [-0.39, 0.29) is 22.5 Å². The van der Waals surface area contributed by atoms with Crippen LogP contribution in [0.5, 0.6) is 0 Å². The van der Waals surface area contributed by atoms with Gasteiger partial charge in [-0.05, 0) is 48.2 Å². The van der Waals surface area contributed by atoms with Crippen molar-refractivity contribution in [3.05, 3.63) is 58.9 Å². The van der Waals surface area contributed by atoms with Crippen molar-refractivity contribution in [2.45, 2.75) is 6.92 Å². The summed E-state index contributed by atoms with van der Waals surface area (Å²) in [7, 11) is 0. The fourth-order valence-corrected chi connectivity index (χ4v) is 3.65. The molecule has 6 heteroatoms. The quantitative estimate of drug-likeness (QED) is 0.746. The van der Waals surface area contributed by atoms with Crippen molar-refractivity contribution in [2.75, 3.05) is 0 Å². The van der Waals surface area contributed by atoms with Crippen molar-refractivity contribution in [2.24, 2.45) is 0 Å². The Morgan fingerprint density at radius 3 is 2.43 bits per heavy atom. The zero-order valence-electron chi connectivity index (χ0n) is 12.0. The van der Waals surface area contributed by atoms with Crippen molar-refractivity contribution in [3.63, 3.8) is 0 Å². The van der Waals surface area contributed by atoms with Crippen LogP contribution in [0.4, 0.5) is 4.39 Å². The van der Waals surface area contributed by atoms with E-state index in [1.165, 1.54) is 42.5 Å². The van der Waals surface area contributed by atoms with Crippen LogP contribution in [0.15, 0.2) is 36.4 Å². The van der Waals surface area contributed by atoms with Crippen molar-refractivity contribution < 1.29 is 24.2 Å². The van der Waals surface area contributed by atoms with Gasteiger partial charge >= 0.3 is 11.9 Å². The van der Waals surface area contributed by atoms with Gasteiger partial charge in [-0.25, -0.2) is 14.0 Å². The highest BCUT2D eigenvalue weighted by Crippen LogP contribution is 2.37. The zero-order chi connectivity index (χ0) is 16.7. The summed E-state index contributed by atoms with van der Waals surface area (Å²) in [6.45, 7) is 1.48. The molecule has 1 heterocycles. The van der Waals surface area contributed by atoms with Crippen molar-refractivity contribution >= 4 is 33.4 Å². The number of halogens is 1. The number of thiophene rings is 1. The van der Waals surface area contributed by atoms with Crippen LogP contribution in [0.1, 0.15) is 26.3 Å². The molecule has 0 bridgehead atoms. The van der Waals surface area contributed by atoms with Crippen LogP contribution in [0, 0.1) is 12.7 Å². The smallest absolute Gasteiger partial charge is 0.336 e. The third kappa shape index (κ3) is 2.57. The highest BCUT2D eigenvalue weighted by molar-refractivity contribution is 7.22. The number of hydrogen-bond acceptors (Lipinski definition) is 3. The van der Waals surface area contributed by atoms with E-state index in [0.29, 0.717) is 15.8 Å². The van der Waals surface area contributed by atoms with Crippen LogP contribution in [-0.4, -0.2) is 22.2 Å². The number of carboxylic acids is 2. The molecule has 3 rings (SSSR count). The molecule has 0 aliphatic heterocycles. The third-order valence-corrected chi connectivity index (χ3v) is 4.80. The average molecular weight is 330 g/mol. The first-order chi connectivity index (χ1) is 10.9. The molecule has 0 spiro atoms. The van der Waals surface area contributed by atoms with Crippen molar-refractivity contribution in [3.8, 4) is 10.4 Å². The summed E-state index contributed by atoms with van der Waals surface area (Å²) in [5.74, 6) is -2.73. The monoisotopic (exact) mass is 330 g/mol. The van der Waals surface area contributed by atoms with Crippen LogP contribution in [0.3, 0.4) is 0 Å². The van der Waals surface area contributed by atoms with Gasteiger partial charge in [-0.2, -0.15) is 0 Å². The largest absolute Gasteiger partial charge is 0.478 e. The molecule has 0 saturated heterocycles. The predicted molar refractivity (Wildman–Crippen MR) is 85.9 cm³/mol. The maximum Gasteiger partial charge on any atom is 0.336 e.